The fourth-order valence-corrected chi connectivity index (χ4v) is 5.20. The van der Waals surface area contributed by atoms with Gasteiger partial charge in [0.2, 0.25) is 5.60 Å². The minimum Gasteiger partial charge on any atom is -0.478 e. The third kappa shape index (κ3) is 4.05. The first-order chi connectivity index (χ1) is 16.5. The summed E-state index contributed by atoms with van der Waals surface area (Å²) in [6, 6.07) is 23.5. The molecule has 3 aromatic carbocycles. The number of piperidine rings is 1. The summed E-state index contributed by atoms with van der Waals surface area (Å²) in [5.74, 6) is -0.576. The molecule has 1 heterocycles. The number of carboxylic acid groups (broad SMARTS) is 1. The average Bonchev–Trinajstić information content (AvgIpc) is 3.18. The minimum absolute atomic E-state index is 0.0157. The van der Waals surface area contributed by atoms with E-state index >= 15 is 0 Å². The summed E-state index contributed by atoms with van der Waals surface area (Å²) in [5, 5.41) is 9.92. The predicted octanol–water partition coefficient (Wildman–Crippen LogP) is 5.70. The second kappa shape index (κ2) is 9.14. The molecule has 1 fully saturated rings. The van der Waals surface area contributed by atoms with E-state index in [1.807, 2.05) is 30.3 Å². The molecule has 0 aromatic heterocycles. The van der Waals surface area contributed by atoms with Crippen molar-refractivity contribution in [2.45, 2.75) is 24.4 Å². The van der Waals surface area contributed by atoms with Crippen molar-refractivity contribution < 1.29 is 24.2 Å². The van der Waals surface area contributed by atoms with E-state index in [0.29, 0.717) is 10.2 Å². The van der Waals surface area contributed by atoms with Crippen molar-refractivity contribution in [2.75, 3.05) is 19.7 Å². The fourth-order valence-electron chi connectivity index (χ4n) is 4.83. The van der Waals surface area contributed by atoms with E-state index in [1.54, 1.807) is 23.1 Å². The topological polar surface area (TPSA) is 76.1 Å². The lowest BCUT2D eigenvalue weighted by Gasteiger charge is -2.38. The number of hydrogen-bond donors (Lipinski definition) is 1. The molecule has 0 unspecified atom stereocenters. The van der Waals surface area contributed by atoms with Crippen LogP contribution in [0.15, 0.2) is 77.3 Å². The largest absolute Gasteiger partial charge is 0.478 e. The SMILES string of the molecule is O=C(OCC1c2ccccc2-c2ccccc21)N1CCC(Oc2ccccc2Br)(C(=O)O)CC1. The average molecular weight is 522 g/mol. The van der Waals surface area contributed by atoms with Gasteiger partial charge in [-0.2, -0.15) is 0 Å². The van der Waals surface area contributed by atoms with Gasteiger partial charge in [-0.25, -0.2) is 9.59 Å². The van der Waals surface area contributed by atoms with Crippen LogP contribution in [0.1, 0.15) is 29.9 Å². The number of amides is 1. The number of para-hydroxylation sites is 1. The van der Waals surface area contributed by atoms with Gasteiger partial charge in [-0.15, -0.1) is 0 Å². The highest BCUT2D eigenvalue weighted by molar-refractivity contribution is 9.10. The minimum atomic E-state index is -1.38. The lowest BCUT2D eigenvalue weighted by Crippen LogP contribution is -2.54. The van der Waals surface area contributed by atoms with Crippen LogP contribution in [0.25, 0.3) is 11.1 Å². The van der Waals surface area contributed by atoms with Gasteiger partial charge < -0.3 is 19.5 Å². The highest BCUT2D eigenvalue weighted by Crippen LogP contribution is 2.44. The number of carbonyl (C=O) groups excluding carboxylic acids is 1. The number of fused-ring (bicyclic) bond motifs is 3. The van der Waals surface area contributed by atoms with Crippen LogP contribution in [-0.2, 0) is 9.53 Å². The summed E-state index contributed by atoms with van der Waals surface area (Å²) in [7, 11) is 0. The van der Waals surface area contributed by atoms with Crippen molar-refractivity contribution in [1.29, 1.82) is 0 Å². The number of hydrogen-bond acceptors (Lipinski definition) is 4. The number of halogens is 1. The summed E-state index contributed by atoms with van der Waals surface area (Å²) in [6.45, 7) is 0.724. The number of rotatable bonds is 5. The van der Waals surface area contributed by atoms with Crippen molar-refractivity contribution >= 4 is 28.0 Å². The second-order valence-electron chi connectivity index (χ2n) is 8.62. The van der Waals surface area contributed by atoms with Crippen LogP contribution in [0.2, 0.25) is 0 Å². The van der Waals surface area contributed by atoms with Crippen molar-refractivity contribution in [3.05, 3.63) is 88.4 Å². The van der Waals surface area contributed by atoms with Crippen LogP contribution < -0.4 is 4.74 Å². The first-order valence-corrected chi connectivity index (χ1v) is 12.0. The third-order valence-corrected chi connectivity index (χ3v) is 7.35. The fraction of sp³-hybridized carbons (Fsp3) is 0.259. The Hall–Kier alpha value is -3.32. The molecule has 34 heavy (non-hydrogen) atoms. The second-order valence-corrected chi connectivity index (χ2v) is 9.48. The molecule has 1 aliphatic heterocycles. The Labute approximate surface area is 206 Å². The molecule has 0 bridgehead atoms. The molecule has 0 spiro atoms. The van der Waals surface area contributed by atoms with Gasteiger partial charge in [-0.1, -0.05) is 60.7 Å². The van der Waals surface area contributed by atoms with Crippen LogP contribution in [-0.4, -0.2) is 47.4 Å². The summed E-state index contributed by atoms with van der Waals surface area (Å²) >= 11 is 3.40. The molecule has 0 radical (unpaired) electrons. The van der Waals surface area contributed by atoms with Crippen LogP contribution >= 0.6 is 15.9 Å². The predicted molar refractivity (Wildman–Crippen MR) is 131 cm³/mol. The zero-order valence-electron chi connectivity index (χ0n) is 18.4. The maximum absolute atomic E-state index is 12.9. The zero-order chi connectivity index (χ0) is 23.7. The normalized spacial score (nSPS) is 16.4. The first kappa shape index (κ1) is 22.5. The zero-order valence-corrected chi connectivity index (χ0v) is 20.0. The van der Waals surface area contributed by atoms with Gasteiger partial charge in [0.05, 0.1) is 4.47 Å². The monoisotopic (exact) mass is 521 g/mol. The molecule has 1 saturated heterocycles. The quantitative estimate of drug-likeness (QED) is 0.466. The van der Waals surface area contributed by atoms with Crippen LogP contribution in [0.3, 0.4) is 0 Å². The van der Waals surface area contributed by atoms with Gasteiger partial charge in [0.15, 0.2) is 0 Å². The highest BCUT2D eigenvalue weighted by Gasteiger charge is 2.45. The molecule has 1 N–H and O–H groups in total. The summed E-state index contributed by atoms with van der Waals surface area (Å²) in [4.78, 5) is 26.6. The molecule has 0 atom stereocenters. The molecule has 6 nitrogen and oxygen atoms in total. The van der Waals surface area contributed by atoms with Crippen molar-refractivity contribution in [1.82, 2.24) is 4.90 Å². The molecule has 174 valence electrons. The Morgan fingerprint density at radius 3 is 2.06 bits per heavy atom. The van der Waals surface area contributed by atoms with Gasteiger partial charge in [0.1, 0.15) is 12.4 Å². The molecule has 5 rings (SSSR count). The first-order valence-electron chi connectivity index (χ1n) is 11.3. The van der Waals surface area contributed by atoms with E-state index in [1.165, 1.54) is 11.1 Å². The maximum atomic E-state index is 12.9. The number of ether oxygens (including phenoxy) is 2. The van der Waals surface area contributed by atoms with Crippen LogP contribution in [0.4, 0.5) is 4.79 Å². The van der Waals surface area contributed by atoms with Gasteiger partial charge in [-0.05, 0) is 50.3 Å². The maximum Gasteiger partial charge on any atom is 0.409 e. The number of nitrogens with zero attached hydrogens (tertiary/aromatic N) is 1. The standard InChI is InChI=1S/C27H24BrNO5/c28-23-11-5-6-12-24(23)34-27(25(30)31)13-15-29(16-14-27)26(32)33-17-22-20-9-3-1-7-18(20)19-8-2-4-10-21(19)22/h1-12,22H,13-17H2,(H,30,31). The van der Waals surface area contributed by atoms with E-state index in [-0.39, 0.29) is 38.5 Å². The number of likely N-dealkylation sites (tertiary alicyclic amines) is 1. The summed E-state index contributed by atoms with van der Waals surface area (Å²) in [5.41, 5.74) is 3.27. The number of benzene rings is 3. The van der Waals surface area contributed by atoms with E-state index in [4.69, 9.17) is 9.47 Å². The highest BCUT2D eigenvalue weighted by atomic mass is 79.9. The van der Waals surface area contributed by atoms with Gasteiger partial charge in [0, 0.05) is 31.8 Å². The van der Waals surface area contributed by atoms with E-state index < -0.39 is 17.7 Å². The molecule has 7 heteroatoms. The van der Waals surface area contributed by atoms with Crippen molar-refractivity contribution in [2.24, 2.45) is 0 Å². The Balaban J connectivity index is 1.24. The smallest absolute Gasteiger partial charge is 0.409 e. The molecule has 1 aliphatic carbocycles. The Kier molecular flexibility index (Phi) is 6.04. The van der Waals surface area contributed by atoms with E-state index in [0.717, 1.165) is 11.1 Å². The summed E-state index contributed by atoms with van der Waals surface area (Å²) in [6.07, 6.45) is -0.0800. The Morgan fingerprint density at radius 2 is 1.47 bits per heavy atom. The molecular weight excluding hydrogens is 498 g/mol. The van der Waals surface area contributed by atoms with E-state index in [2.05, 4.69) is 40.2 Å². The molecule has 2 aliphatic rings. The van der Waals surface area contributed by atoms with Crippen molar-refractivity contribution in [3.8, 4) is 16.9 Å². The van der Waals surface area contributed by atoms with Crippen molar-refractivity contribution in [3.63, 3.8) is 0 Å². The Morgan fingerprint density at radius 1 is 0.912 bits per heavy atom. The number of aliphatic carboxylic acids is 1. The number of carboxylic acids is 1. The summed E-state index contributed by atoms with van der Waals surface area (Å²) < 4.78 is 12.4. The lowest BCUT2D eigenvalue weighted by molar-refractivity contribution is -0.159. The van der Waals surface area contributed by atoms with Gasteiger partial charge >= 0.3 is 12.1 Å². The van der Waals surface area contributed by atoms with Crippen LogP contribution in [0, 0.1) is 0 Å². The number of carbonyl (C=O) groups is 2. The molecular formula is C27H24BrNO5. The van der Waals surface area contributed by atoms with Gasteiger partial charge in [0.25, 0.3) is 0 Å². The molecule has 1 amide bonds. The Bertz CT molecular complexity index is 1190. The lowest BCUT2D eigenvalue weighted by atomic mass is 9.91. The van der Waals surface area contributed by atoms with E-state index in [9.17, 15) is 14.7 Å². The third-order valence-electron chi connectivity index (χ3n) is 6.70. The van der Waals surface area contributed by atoms with Crippen LogP contribution in [0.5, 0.6) is 5.75 Å². The molecule has 0 saturated carbocycles. The van der Waals surface area contributed by atoms with Gasteiger partial charge in [-0.3, -0.25) is 0 Å². The molecule has 3 aromatic rings.